The number of amides is 2. The normalized spacial score (nSPS) is 26.4. The summed E-state index contributed by atoms with van der Waals surface area (Å²) in [5.74, 6) is -0.943. The van der Waals surface area contributed by atoms with Crippen molar-refractivity contribution < 1.29 is 23.9 Å². The number of esters is 1. The largest absolute Gasteiger partial charge is 0.468 e. The maximum Gasteiger partial charge on any atom is 0.320 e. The molecule has 40 heavy (non-hydrogen) atoms. The van der Waals surface area contributed by atoms with Gasteiger partial charge >= 0.3 is 5.97 Å². The lowest BCUT2D eigenvalue weighted by Crippen LogP contribution is -2.61. The minimum Gasteiger partial charge on any atom is -0.468 e. The van der Waals surface area contributed by atoms with Crippen LogP contribution in [0.1, 0.15) is 64.9 Å². The van der Waals surface area contributed by atoms with Gasteiger partial charge < -0.3 is 19.7 Å². The first-order chi connectivity index (χ1) is 19.3. The van der Waals surface area contributed by atoms with Crippen LogP contribution in [-0.2, 0) is 30.4 Å². The Morgan fingerprint density at radius 2 is 1.90 bits per heavy atom. The predicted octanol–water partition coefficient (Wildman–Crippen LogP) is 5.37. The van der Waals surface area contributed by atoms with E-state index in [-0.39, 0.29) is 48.6 Å². The van der Waals surface area contributed by atoms with Gasteiger partial charge in [-0.1, -0.05) is 69.7 Å². The molecule has 1 N–H and O–H groups in total. The van der Waals surface area contributed by atoms with Gasteiger partial charge in [-0.3, -0.25) is 14.4 Å². The summed E-state index contributed by atoms with van der Waals surface area (Å²) in [5, 5.41) is 5.12. The Bertz CT molecular complexity index is 1290. The number of hydrogen-bond acceptors (Lipinski definition) is 5. The Labute approximate surface area is 237 Å². The zero-order chi connectivity index (χ0) is 28.4. The molecule has 0 unspecified atom stereocenters. The zero-order valence-electron chi connectivity index (χ0n) is 24.2. The molecule has 2 aromatic rings. The van der Waals surface area contributed by atoms with Gasteiger partial charge in [-0.15, -0.1) is 0 Å². The van der Waals surface area contributed by atoms with Gasteiger partial charge in [0.15, 0.2) is 0 Å². The molecule has 1 saturated heterocycles. The lowest BCUT2D eigenvalue weighted by Gasteiger charge is -2.53. The number of carbonyl (C=O) groups is 3. The van der Waals surface area contributed by atoms with Crippen LogP contribution in [0.3, 0.4) is 0 Å². The Balaban J connectivity index is 1.61. The number of piperidine rings is 1. The van der Waals surface area contributed by atoms with Crippen LogP contribution >= 0.6 is 0 Å². The van der Waals surface area contributed by atoms with Crippen molar-refractivity contribution in [1.29, 1.82) is 0 Å². The number of benzene rings is 2. The van der Waals surface area contributed by atoms with Gasteiger partial charge in [-0.2, -0.15) is 0 Å². The van der Waals surface area contributed by atoms with Gasteiger partial charge in [0.25, 0.3) is 0 Å². The topological polar surface area (TPSA) is 84.9 Å². The fraction of sp³-hybridized carbons (Fsp3) is 0.545. The average Bonchev–Trinajstić information content (AvgIpc) is 3.80. The molecule has 7 nitrogen and oxygen atoms in total. The summed E-state index contributed by atoms with van der Waals surface area (Å²) in [6, 6.07) is 14.2. The quantitative estimate of drug-likeness (QED) is 0.320. The molecule has 1 aliphatic carbocycles. The lowest BCUT2D eigenvalue weighted by molar-refractivity contribution is -0.182. The summed E-state index contributed by atoms with van der Waals surface area (Å²) in [6.07, 6.45) is 5.40. The molecule has 214 valence electrons. The van der Waals surface area contributed by atoms with Crippen LogP contribution < -0.4 is 5.32 Å². The third kappa shape index (κ3) is 5.28. The van der Waals surface area contributed by atoms with Crippen molar-refractivity contribution in [3.05, 3.63) is 59.8 Å². The van der Waals surface area contributed by atoms with Crippen LogP contribution in [-0.4, -0.2) is 48.5 Å². The van der Waals surface area contributed by atoms with Crippen molar-refractivity contribution in [2.24, 2.45) is 23.2 Å². The van der Waals surface area contributed by atoms with E-state index in [1.807, 2.05) is 30.3 Å². The standard InChI is InChI=1S/C33H42N2O5/c1-5-6-16-34-29(36)17-25-19-33(32(38)39-4)28(18-27(21(2)3)40-30(33)23-14-15-23)35(31(25)37)20-24-12-9-11-22-10-7-8-13-26(22)24/h7-13,18,21,23,25,27,30H,5-6,14-17,19-20H2,1-4H3,(H,34,36)/t25-,27+,30+,33+/m0/s1. The second-order valence-electron chi connectivity index (χ2n) is 12.0. The number of hydrogen-bond donors (Lipinski definition) is 1. The van der Waals surface area contributed by atoms with Crippen LogP contribution in [0.15, 0.2) is 54.2 Å². The Hall–Kier alpha value is -3.19. The Morgan fingerprint density at radius 3 is 2.60 bits per heavy atom. The van der Waals surface area contributed by atoms with E-state index in [0.29, 0.717) is 18.8 Å². The molecular formula is C33H42N2O5. The number of likely N-dealkylation sites (tertiary alicyclic amines) is 1. The molecule has 5 rings (SSSR count). The highest BCUT2D eigenvalue weighted by Gasteiger charge is 2.63. The van der Waals surface area contributed by atoms with Crippen molar-refractivity contribution >= 4 is 28.6 Å². The van der Waals surface area contributed by atoms with Gasteiger partial charge in [-0.25, -0.2) is 0 Å². The van der Waals surface area contributed by atoms with E-state index < -0.39 is 17.4 Å². The maximum atomic E-state index is 14.3. The average molecular weight is 547 g/mol. The monoisotopic (exact) mass is 546 g/mol. The van der Waals surface area contributed by atoms with E-state index >= 15 is 0 Å². The van der Waals surface area contributed by atoms with Gasteiger partial charge in [0.1, 0.15) is 5.41 Å². The van der Waals surface area contributed by atoms with E-state index in [0.717, 1.165) is 42.0 Å². The molecular weight excluding hydrogens is 504 g/mol. The number of rotatable bonds is 10. The van der Waals surface area contributed by atoms with Gasteiger partial charge in [0, 0.05) is 24.6 Å². The molecule has 0 aromatic heterocycles. The molecule has 7 heteroatoms. The maximum absolute atomic E-state index is 14.3. The highest BCUT2D eigenvalue weighted by Crippen LogP contribution is 2.56. The summed E-state index contributed by atoms with van der Waals surface area (Å²) < 4.78 is 12.2. The van der Waals surface area contributed by atoms with E-state index in [1.165, 1.54) is 7.11 Å². The summed E-state index contributed by atoms with van der Waals surface area (Å²) in [7, 11) is 1.41. The second kappa shape index (κ2) is 11.7. The minimum absolute atomic E-state index is 0.0333. The van der Waals surface area contributed by atoms with Gasteiger partial charge in [0.2, 0.25) is 11.8 Å². The SMILES string of the molecule is CCCCNC(=O)C[C@H]1C[C@@]2(C(=O)OC)C(=C[C@H](C(C)C)O[C@@H]2C2CC2)N(Cc2cccc3ccccc23)C1=O. The molecule has 3 aliphatic rings. The minimum atomic E-state index is -1.14. The van der Waals surface area contributed by atoms with E-state index in [4.69, 9.17) is 9.47 Å². The van der Waals surface area contributed by atoms with Crippen LogP contribution in [0.5, 0.6) is 0 Å². The van der Waals surface area contributed by atoms with Crippen LogP contribution in [0.2, 0.25) is 0 Å². The van der Waals surface area contributed by atoms with Crippen molar-refractivity contribution in [1.82, 2.24) is 10.2 Å². The number of nitrogens with zero attached hydrogens (tertiary/aromatic N) is 1. The third-order valence-corrected chi connectivity index (χ3v) is 8.79. The molecule has 2 fully saturated rings. The molecule has 2 aromatic carbocycles. The van der Waals surface area contributed by atoms with Crippen LogP contribution in [0.4, 0.5) is 0 Å². The predicted molar refractivity (Wildman–Crippen MR) is 154 cm³/mol. The first-order valence-corrected chi connectivity index (χ1v) is 14.8. The molecule has 0 spiro atoms. The molecule has 2 heterocycles. The van der Waals surface area contributed by atoms with Crippen molar-refractivity contribution in [3.8, 4) is 0 Å². The summed E-state index contributed by atoms with van der Waals surface area (Å²) in [6.45, 7) is 7.15. The highest BCUT2D eigenvalue weighted by atomic mass is 16.5. The van der Waals surface area contributed by atoms with Crippen molar-refractivity contribution in [2.75, 3.05) is 13.7 Å². The van der Waals surface area contributed by atoms with Gasteiger partial charge in [0.05, 0.1) is 25.9 Å². The van der Waals surface area contributed by atoms with Crippen LogP contribution in [0, 0.1) is 23.2 Å². The fourth-order valence-electron chi connectivity index (χ4n) is 6.51. The van der Waals surface area contributed by atoms with Crippen LogP contribution in [0.25, 0.3) is 10.8 Å². The number of carbonyl (C=O) groups excluding carboxylic acids is 3. The second-order valence-corrected chi connectivity index (χ2v) is 12.0. The Morgan fingerprint density at radius 1 is 1.15 bits per heavy atom. The number of fused-ring (bicyclic) bond motifs is 2. The lowest BCUT2D eigenvalue weighted by atomic mass is 9.64. The summed E-state index contributed by atoms with van der Waals surface area (Å²) in [5.41, 5.74) is 0.533. The molecule has 2 aliphatic heterocycles. The first kappa shape index (κ1) is 28.3. The first-order valence-electron chi connectivity index (χ1n) is 14.8. The Kier molecular flexibility index (Phi) is 8.31. The third-order valence-electron chi connectivity index (χ3n) is 8.79. The summed E-state index contributed by atoms with van der Waals surface area (Å²) in [4.78, 5) is 43.0. The number of nitrogens with one attached hydrogen (secondary N) is 1. The zero-order valence-corrected chi connectivity index (χ0v) is 24.2. The molecule has 2 amide bonds. The van der Waals surface area contributed by atoms with Crippen molar-refractivity contribution in [3.63, 3.8) is 0 Å². The van der Waals surface area contributed by atoms with E-state index in [9.17, 15) is 14.4 Å². The van der Waals surface area contributed by atoms with E-state index in [2.05, 4.69) is 44.3 Å². The number of ether oxygens (including phenoxy) is 2. The molecule has 1 saturated carbocycles. The highest BCUT2D eigenvalue weighted by molar-refractivity contribution is 5.93. The number of unbranched alkanes of at least 4 members (excludes halogenated alkanes) is 1. The molecule has 0 bridgehead atoms. The van der Waals surface area contributed by atoms with E-state index in [1.54, 1.807) is 4.90 Å². The summed E-state index contributed by atoms with van der Waals surface area (Å²) >= 11 is 0. The molecule has 0 radical (unpaired) electrons. The molecule has 4 atom stereocenters. The van der Waals surface area contributed by atoms with Gasteiger partial charge in [-0.05, 0) is 59.9 Å². The number of methoxy groups -OCH3 is 1. The smallest absolute Gasteiger partial charge is 0.320 e. The van der Waals surface area contributed by atoms with Crippen molar-refractivity contribution in [2.45, 2.75) is 78.0 Å². The fourth-order valence-corrected chi connectivity index (χ4v) is 6.51.